The number of benzene rings is 2. The highest BCUT2D eigenvalue weighted by Gasteiger charge is 2.21. The van der Waals surface area contributed by atoms with E-state index in [1.54, 1.807) is 19.2 Å². The van der Waals surface area contributed by atoms with Crippen LogP contribution in [0.4, 0.5) is 5.69 Å². The number of carbonyl (C=O) groups excluding carboxylic acids is 1. The lowest BCUT2D eigenvalue weighted by molar-refractivity contribution is -0.386. The predicted molar refractivity (Wildman–Crippen MR) is 101 cm³/mol. The molecule has 26 heavy (non-hydrogen) atoms. The summed E-state index contributed by atoms with van der Waals surface area (Å²) in [6.45, 7) is 7.41. The molecule has 5 heteroatoms. The minimum atomic E-state index is -0.549. The summed E-state index contributed by atoms with van der Waals surface area (Å²) in [5.41, 5.74) is 2.38. The van der Waals surface area contributed by atoms with Crippen molar-refractivity contribution >= 4 is 17.6 Å². The van der Waals surface area contributed by atoms with Gasteiger partial charge in [0.25, 0.3) is 0 Å². The molecule has 0 atom stereocenters. The Kier molecular flexibility index (Phi) is 6.03. The molecule has 0 saturated heterocycles. The largest absolute Gasteiger partial charge is 0.551 e. The molecule has 0 amide bonds. The molecule has 0 unspecified atom stereocenters. The van der Waals surface area contributed by atoms with Crippen molar-refractivity contribution in [3.8, 4) is 5.75 Å². The molecule has 2 aromatic carbocycles. The summed E-state index contributed by atoms with van der Waals surface area (Å²) in [7, 11) is 1.56. The van der Waals surface area contributed by atoms with Gasteiger partial charge in [0.15, 0.2) is 5.78 Å². The van der Waals surface area contributed by atoms with Crippen LogP contribution in [0.5, 0.6) is 5.75 Å². The van der Waals surface area contributed by atoms with Crippen molar-refractivity contribution in [3.05, 3.63) is 59.2 Å². The van der Waals surface area contributed by atoms with E-state index in [0.29, 0.717) is 17.0 Å². The zero-order valence-corrected chi connectivity index (χ0v) is 15.9. The summed E-state index contributed by atoms with van der Waals surface area (Å²) < 4.78 is 10.7. The molecular formula is C21H26NO4+. The second kappa shape index (κ2) is 8.04. The Morgan fingerprint density at radius 3 is 2.46 bits per heavy atom. The quantitative estimate of drug-likeness (QED) is 0.491. The molecule has 2 rings (SSSR count). The number of ether oxygens (including phenoxy) is 2. The molecule has 0 heterocycles. The molecule has 0 radical (unpaired) electrons. The highest BCUT2D eigenvalue weighted by Crippen LogP contribution is 2.21. The molecule has 0 aromatic heterocycles. The van der Waals surface area contributed by atoms with Gasteiger partial charge in [-0.1, -0.05) is 24.3 Å². The first-order chi connectivity index (χ1) is 12.2. The first kappa shape index (κ1) is 19.5. The maximum atomic E-state index is 12.7. The van der Waals surface area contributed by atoms with Gasteiger partial charge in [-0.15, -0.1) is 4.99 Å². The minimum Gasteiger partial charge on any atom is -0.497 e. The van der Waals surface area contributed by atoms with Crippen molar-refractivity contribution in [3.63, 3.8) is 0 Å². The minimum absolute atomic E-state index is 0.00699. The summed E-state index contributed by atoms with van der Waals surface area (Å²) in [4.78, 5) is 15.5. The summed E-state index contributed by atoms with van der Waals surface area (Å²) in [6, 6.07) is 12.8. The summed E-state index contributed by atoms with van der Waals surface area (Å²) >= 11 is 0. The van der Waals surface area contributed by atoms with E-state index in [4.69, 9.17) is 9.47 Å². The monoisotopic (exact) mass is 356 g/mol. The predicted octanol–water partition coefficient (Wildman–Crippen LogP) is 2.87. The van der Waals surface area contributed by atoms with Crippen molar-refractivity contribution in [1.29, 1.82) is 0 Å². The Bertz CT molecular complexity index is 819. The van der Waals surface area contributed by atoms with E-state index in [-0.39, 0.29) is 18.3 Å². The number of aryl methyl sites for hydroxylation is 1. The topological polar surface area (TPSA) is 69.7 Å². The summed E-state index contributed by atoms with van der Waals surface area (Å²) in [5.74, 6) is 0.621. The third-order valence-electron chi connectivity index (χ3n) is 3.76. The molecule has 2 N–H and O–H groups in total. The maximum Gasteiger partial charge on any atom is 0.551 e. The molecule has 138 valence electrons. The average molecular weight is 356 g/mol. The Morgan fingerprint density at radius 1 is 1.15 bits per heavy atom. The smallest absolute Gasteiger partial charge is 0.497 e. The number of hydrogen-bond acceptors (Lipinski definition) is 3. The molecule has 5 nitrogen and oxygen atoms in total. The van der Waals surface area contributed by atoms with Crippen LogP contribution in [-0.2, 0) is 11.2 Å². The van der Waals surface area contributed by atoms with Gasteiger partial charge in [0.1, 0.15) is 11.4 Å². The first-order valence-corrected chi connectivity index (χ1v) is 8.47. The van der Waals surface area contributed by atoms with E-state index in [0.717, 1.165) is 11.1 Å². The molecule has 0 saturated carbocycles. The van der Waals surface area contributed by atoms with Crippen LogP contribution in [0.1, 0.15) is 42.3 Å². The maximum absolute atomic E-state index is 12.7. The number of nitrogens with one attached hydrogen (secondary N) is 1. The van der Waals surface area contributed by atoms with E-state index in [1.165, 1.54) is 0 Å². The van der Waals surface area contributed by atoms with Gasteiger partial charge in [0.05, 0.1) is 13.2 Å². The van der Waals surface area contributed by atoms with Gasteiger partial charge in [-0.2, -0.15) is 0 Å². The molecule has 0 aliphatic heterocycles. The van der Waals surface area contributed by atoms with Gasteiger partial charge in [-0.25, -0.2) is 0 Å². The Morgan fingerprint density at radius 2 is 1.85 bits per heavy atom. The van der Waals surface area contributed by atoms with Gasteiger partial charge < -0.3 is 14.6 Å². The van der Waals surface area contributed by atoms with Crippen LogP contribution >= 0.6 is 0 Å². The standard InChI is InChI=1S/C21H25NO4/c1-14-8-6-7-9-17(14)19(23)12-15-10-11-16(25-5)13-18(15)22-20(24)26-21(2,3)4/h6-11,13H,12H2,1-5H3,(H,22,24)/p+1. The summed E-state index contributed by atoms with van der Waals surface area (Å²) in [6.07, 6.45) is -0.129. The summed E-state index contributed by atoms with van der Waals surface area (Å²) in [5, 5.41) is 10.1. The Labute approximate surface area is 154 Å². The lowest BCUT2D eigenvalue weighted by atomic mass is 9.98. The van der Waals surface area contributed by atoms with Gasteiger partial charge in [0.2, 0.25) is 5.69 Å². The lowest BCUT2D eigenvalue weighted by Crippen LogP contribution is -2.68. The number of aliphatic hydroxyl groups is 1. The third-order valence-corrected chi connectivity index (χ3v) is 3.76. The molecule has 0 aliphatic rings. The first-order valence-electron chi connectivity index (χ1n) is 8.47. The van der Waals surface area contributed by atoms with E-state index >= 15 is 0 Å². The Balaban J connectivity index is 2.35. The number of aliphatic hydroxyl groups excluding tert-OH is 1. The molecule has 0 fully saturated rings. The van der Waals surface area contributed by atoms with Gasteiger partial charge in [-0.3, -0.25) is 4.79 Å². The Hall–Kier alpha value is -2.82. The number of hydrogen-bond donors (Lipinski definition) is 2. The van der Waals surface area contributed by atoms with Gasteiger partial charge in [0, 0.05) is 17.5 Å². The fourth-order valence-corrected chi connectivity index (χ4v) is 2.54. The SMILES string of the molecule is COc1ccc(CC(=O)c2ccccc2C)c([NH+]=C(O)OC(C)(C)C)c1. The zero-order valence-electron chi connectivity index (χ0n) is 15.9. The van der Waals surface area contributed by atoms with E-state index in [2.05, 4.69) is 4.99 Å². The van der Waals surface area contributed by atoms with Crippen LogP contribution < -0.4 is 9.73 Å². The van der Waals surface area contributed by atoms with Crippen LogP contribution in [0.3, 0.4) is 0 Å². The van der Waals surface area contributed by atoms with Crippen molar-refractivity contribution in [1.82, 2.24) is 0 Å². The fraction of sp³-hybridized carbons (Fsp3) is 0.333. The lowest BCUT2D eigenvalue weighted by Gasteiger charge is -2.15. The molecule has 0 spiro atoms. The van der Waals surface area contributed by atoms with E-state index < -0.39 is 5.60 Å². The van der Waals surface area contributed by atoms with Crippen molar-refractivity contribution < 1.29 is 24.4 Å². The fourth-order valence-electron chi connectivity index (χ4n) is 2.54. The third kappa shape index (κ3) is 5.34. The molecular weight excluding hydrogens is 330 g/mol. The highest BCUT2D eigenvalue weighted by atomic mass is 16.6. The van der Waals surface area contributed by atoms with E-state index in [9.17, 15) is 9.90 Å². The second-order valence-corrected chi connectivity index (χ2v) is 7.08. The molecule has 0 aliphatic carbocycles. The van der Waals surface area contributed by atoms with Gasteiger partial charge in [-0.05, 0) is 45.4 Å². The highest BCUT2D eigenvalue weighted by molar-refractivity contribution is 5.99. The average Bonchev–Trinajstić information content (AvgIpc) is 2.55. The van der Waals surface area contributed by atoms with Crippen molar-refractivity contribution in [2.24, 2.45) is 0 Å². The number of carbonyl (C=O) groups is 1. The number of methoxy groups -OCH3 is 1. The van der Waals surface area contributed by atoms with Crippen molar-refractivity contribution in [2.75, 3.05) is 7.11 Å². The van der Waals surface area contributed by atoms with E-state index in [1.807, 2.05) is 58.0 Å². The zero-order chi connectivity index (χ0) is 19.3. The van der Waals surface area contributed by atoms with Crippen molar-refractivity contribution in [2.45, 2.75) is 39.7 Å². The van der Waals surface area contributed by atoms with Gasteiger partial charge >= 0.3 is 6.08 Å². The number of rotatable bonds is 5. The van der Waals surface area contributed by atoms with Crippen LogP contribution in [0.25, 0.3) is 0 Å². The molecule has 0 bridgehead atoms. The second-order valence-electron chi connectivity index (χ2n) is 7.08. The van der Waals surface area contributed by atoms with Crippen LogP contribution in [-0.4, -0.2) is 29.7 Å². The van der Waals surface area contributed by atoms with Crippen LogP contribution in [0, 0.1) is 6.92 Å². The number of Topliss-reactive ketones (excluding diaryl/α,β-unsaturated/α-hetero) is 1. The molecule has 2 aromatic rings. The number of ketones is 1. The normalized spacial score (nSPS) is 12.0. The van der Waals surface area contributed by atoms with Crippen LogP contribution in [0.2, 0.25) is 0 Å². The van der Waals surface area contributed by atoms with Crippen LogP contribution in [0.15, 0.2) is 42.5 Å².